The van der Waals surface area contributed by atoms with Gasteiger partial charge >= 0.3 is 0 Å². The first kappa shape index (κ1) is 15.1. The Kier molecular flexibility index (Phi) is 4.47. The van der Waals surface area contributed by atoms with Gasteiger partial charge in [0, 0.05) is 11.7 Å². The molecule has 0 spiro atoms. The van der Waals surface area contributed by atoms with E-state index in [4.69, 9.17) is 0 Å². The molecule has 0 aliphatic heterocycles. The van der Waals surface area contributed by atoms with Crippen molar-refractivity contribution in [3.05, 3.63) is 36.2 Å². The number of nitrogens with zero attached hydrogens (tertiary/aromatic N) is 3. The molecule has 0 radical (unpaired) electrons. The molecule has 1 aliphatic rings. The van der Waals surface area contributed by atoms with Crippen molar-refractivity contribution in [2.45, 2.75) is 49.6 Å². The minimum atomic E-state index is -0.215. The monoisotopic (exact) mass is 316 g/mol. The number of carbonyl (C=O) groups is 1. The minimum Gasteiger partial charge on any atom is -0.325 e. The van der Waals surface area contributed by atoms with Crippen LogP contribution in [0.1, 0.15) is 38.3 Å². The molecule has 6 heteroatoms. The van der Waals surface area contributed by atoms with E-state index in [1.165, 1.54) is 30.2 Å². The molecule has 1 heterocycles. The van der Waals surface area contributed by atoms with Gasteiger partial charge in [0.2, 0.25) is 5.91 Å². The van der Waals surface area contributed by atoms with Crippen LogP contribution in [0, 0.1) is 0 Å². The summed E-state index contributed by atoms with van der Waals surface area (Å²) in [5, 5.41) is 11.6. The number of carbonyl (C=O) groups excluding carboxylic acids is 1. The Hall–Kier alpha value is -1.82. The molecule has 1 aromatic carbocycles. The van der Waals surface area contributed by atoms with Crippen molar-refractivity contribution in [3.63, 3.8) is 0 Å². The summed E-state index contributed by atoms with van der Waals surface area (Å²) < 4.78 is 2.07. The minimum absolute atomic E-state index is 0.0143. The molecule has 0 unspecified atom stereocenters. The van der Waals surface area contributed by atoms with E-state index in [2.05, 4.69) is 27.0 Å². The molecule has 116 valence electrons. The predicted molar refractivity (Wildman–Crippen MR) is 88.1 cm³/mol. The second kappa shape index (κ2) is 6.52. The maximum absolute atomic E-state index is 12.3. The zero-order valence-corrected chi connectivity index (χ0v) is 13.6. The second-order valence-electron chi connectivity index (χ2n) is 5.55. The average Bonchev–Trinajstić information content (AvgIpc) is 3.28. The van der Waals surface area contributed by atoms with Crippen molar-refractivity contribution in [2.24, 2.45) is 0 Å². The van der Waals surface area contributed by atoms with Crippen LogP contribution in [-0.2, 0) is 11.2 Å². The van der Waals surface area contributed by atoms with Crippen molar-refractivity contribution < 1.29 is 4.79 Å². The molecule has 1 N–H and O–H groups in total. The van der Waals surface area contributed by atoms with E-state index in [-0.39, 0.29) is 11.2 Å². The Morgan fingerprint density at radius 2 is 2.14 bits per heavy atom. The van der Waals surface area contributed by atoms with Crippen LogP contribution in [0.2, 0.25) is 0 Å². The van der Waals surface area contributed by atoms with Gasteiger partial charge in [-0.05, 0) is 43.9 Å². The fraction of sp³-hybridized carbons (Fsp3) is 0.438. The third kappa shape index (κ3) is 3.50. The van der Waals surface area contributed by atoms with Gasteiger partial charge in [0.1, 0.15) is 6.33 Å². The molecule has 2 aromatic rings. The van der Waals surface area contributed by atoms with Crippen molar-refractivity contribution >= 4 is 23.4 Å². The Morgan fingerprint density at radius 3 is 2.77 bits per heavy atom. The smallest absolute Gasteiger partial charge is 0.237 e. The Morgan fingerprint density at radius 1 is 1.41 bits per heavy atom. The molecular formula is C16H20N4OS. The molecule has 1 aromatic heterocycles. The van der Waals surface area contributed by atoms with Gasteiger partial charge in [0.05, 0.1) is 5.25 Å². The van der Waals surface area contributed by atoms with Gasteiger partial charge in [0.25, 0.3) is 0 Å². The van der Waals surface area contributed by atoms with Crippen LogP contribution in [0.5, 0.6) is 0 Å². The zero-order chi connectivity index (χ0) is 15.5. The van der Waals surface area contributed by atoms with Gasteiger partial charge in [0.15, 0.2) is 5.16 Å². The van der Waals surface area contributed by atoms with E-state index in [1.807, 2.05) is 31.2 Å². The largest absolute Gasteiger partial charge is 0.325 e. The summed E-state index contributed by atoms with van der Waals surface area (Å²) in [6, 6.07) is 8.49. The summed E-state index contributed by atoms with van der Waals surface area (Å²) in [4.78, 5) is 12.3. The van der Waals surface area contributed by atoms with E-state index < -0.39 is 0 Å². The standard InChI is InChI=1S/C16H20N4OS/c1-3-12-4-6-13(7-5-12)18-15(21)11(2)22-16-19-17-10-20(16)14-8-9-14/h4-7,10-11,14H,3,8-9H2,1-2H3,(H,18,21)/t11-/m0/s1. The second-order valence-corrected chi connectivity index (χ2v) is 6.86. The zero-order valence-electron chi connectivity index (χ0n) is 12.8. The number of amides is 1. The molecule has 1 saturated carbocycles. The van der Waals surface area contributed by atoms with Crippen LogP contribution in [0.15, 0.2) is 35.7 Å². The van der Waals surface area contributed by atoms with E-state index >= 15 is 0 Å². The van der Waals surface area contributed by atoms with E-state index in [1.54, 1.807) is 6.33 Å². The van der Waals surface area contributed by atoms with Crippen LogP contribution in [0.3, 0.4) is 0 Å². The first-order valence-electron chi connectivity index (χ1n) is 7.63. The molecular weight excluding hydrogens is 296 g/mol. The van der Waals surface area contributed by atoms with Gasteiger partial charge in [-0.15, -0.1) is 10.2 Å². The number of thioether (sulfide) groups is 1. The first-order valence-corrected chi connectivity index (χ1v) is 8.51. The maximum Gasteiger partial charge on any atom is 0.237 e. The van der Waals surface area contributed by atoms with Crippen molar-refractivity contribution in [3.8, 4) is 0 Å². The van der Waals surface area contributed by atoms with Gasteiger partial charge in [-0.1, -0.05) is 30.8 Å². The van der Waals surface area contributed by atoms with Gasteiger partial charge in [-0.3, -0.25) is 4.79 Å². The molecule has 1 atom stereocenters. The highest BCUT2D eigenvalue weighted by molar-refractivity contribution is 8.00. The Bertz CT molecular complexity index is 648. The molecule has 0 saturated heterocycles. The highest BCUT2D eigenvalue weighted by atomic mass is 32.2. The van der Waals surface area contributed by atoms with Gasteiger partial charge < -0.3 is 9.88 Å². The number of aromatic nitrogens is 3. The van der Waals surface area contributed by atoms with Gasteiger partial charge in [-0.2, -0.15) is 0 Å². The number of nitrogens with one attached hydrogen (secondary N) is 1. The lowest BCUT2D eigenvalue weighted by atomic mass is 10.1. The summed E-state index contributed by atoms with van der Waals surface area (Å²) in [5.74, 6) is -0.0143. The normalized spacial score (nSPS) is 15.5. The summed E-state index contributed by atoms with van der Waals surface area (Å²) >= 11 is 1.46. The molecule has 5 nitrogen and oxygen atoms in total. The number of aryl methyl sites for hydroxylation is 1. The highest BCUT2D eigenvalue weighted by Gasteiger charge is 2.27. The van der Waals surface area contributed by atoms with Gasteiger partial charge in [-0.25, -0.2) is 0 Å². The predicted octanol–water partition coefficient (Wildman–Crippen LogP) is 3.29. The topological polar surface area (TPSA) is 59.8 Å². The van der Waals surface area contributed by atoms with E-state index in [0.717, 1.165) is 17.3 Å². The SMILES string of the molecule is CCc1ccc(NC(=O)[C@H](C)Sc2nncn2C2CC2)cc1. The summed E-state index contributed by atoms with van der Waals surface area (Å²) in [6.07, 6.45) is 5.11. The Balaban J connectivity index is 1.60. The fourth-order valence-electron chi connectivity index (χ4n) is 2.20. The van der Waals surface area contributed by atoms with Crippen LogP contribution in [0.4, 0.5) is 5.69 Å². The lowest BCUT2D eigenvalue weighted by Crippen LogP contribution is -2.22. The highest BCUT2D eigenvalue weighted by Crippen LogP contribution is 2.38. The summed E-state index contributed by atoms with van der Waals surface area (Å²) in [7, 11) is 0. The van der Waals surface area contributed by atoms with Crippen molar-refractivity contribution in [1.82, 2.24) is 14.8 Å². The quantitative estimate of drug-likeness (QED) is 0.831. The van der Waals surface area contributed by atoms with Crippen LogP contribution in [0.25, 0.3) is 0 Å². The summed E-state index contributed by atoms with van der Waals surface area (Å²) in [5.41, 5.74) is 2.09. The third-order valence-corrected chi connectivity index (χ3v) is 4.83. The number of benzene rings is 1. The molecule has 1 amide bonds. The molecule has 1 aliphatic carbocycles. The fourth-order valence-corrected chi connectivity index (χ4v) is 3.09. The van der Waals surface area contributed by atoms with Crippen molar-refractivity contribution in [2.75, 3.05) is 5.32 Å². The number of rotatable bonds is 6. The number of hydrogen-bond donors (Lipinski definition) is 1. The van der Waals surface area contributed by atoms with Crippen molar-refractivity contribution in [1.29, 1.82) is 0 Å². The Labute approximate surface area is 134 Å². The average molecular weight is 316 g/mol. The number of anilines is 1. The van der Waals surface area contributed by atoms with Crippen LogP contribution >= 0.6 is 11.8 Å². The lowest BCUT2D eigenvalue weighted by Gasteiger charge is -2.12. The lowest BCUT2D eigenvalue weighted by molar-refractivity contribution is -0.115. The third-order valence-electron chi connectivity index (χ3n) is 3.76. The van der Waals surface area contributed by atoms with Crippen LogP contribution < -0.4 is 5.32 Å². The maximum atomic E-state index is 12.3. The molecule has 22 heavy (non-hydrogen) atoms. The first-order chi connectivity index (χ1) is 10.7. The van der Waals surface area contributed by atoms with E-state index in [0.29, 0.717) is 6.04 Å². The van der Waals surface area contributed by atoms with Crippen LogP contribution in [-0.4, -0.2) is 25.9 Å². The molecule has 3 rings (SSSR count). The molecule has 1 fully saturated rings. The number of hydrogen-bond acceptors (Lipinski definition) is 4. The van der Waals surface area contributed by atoms with E-state index in [9.17, 15) is 4.79 Å². The molecule has 0 bridgehead atoms. The summed E-state index contributed by atoms with van der Waals surface area (Å²) in [6.45, 7) is 4.01.